The first-order valence-electron chi connectivity index (χ1n) is 8.24. The Bertz CT molecular complexity index is 834. The first kappa shape index (κ1) is 20.0. The Morgan fingerprint density at radius 1 is 1.11 bits per heavy atom. The van der Waals surface area contributed by atoms with Crippen molar-refractivity contribution >= 4 is 17.9 Å². The smallest absolute Gasteiger partial charge is 0.279 e. The number of hydrogen-bond donors (Lipinski definition) is 2. The number of aryl methyl sites for hydroxylation is 1. The third-order valence-electron chi connectivity index (χ3n) is 3.60. The fourth-order valence-corrected chi connectivity index (χ4v) is 2.19. The summed E-state index contributed by atoms with van der Waals surface area (Å²) < 4.78 is 23.5. The molecule has 2 aromatic rings. The average Bonchev–Trinajstić information content (AvgIpc) is 2.66. The zero-order valence-corrected chi connectivity index (χ0v) is 15.3. The summed E-state index contributed by atoms with van der Waals surface area (Å²) in [6.45, 7) is 3.44. The van der Waals surface area contributed by atoms with Crippen LogP contribution in [0.4, 0.5) is 4.39 Å². The Kier molecular flexibility index (Phi) is 6.93. The molecule has 2 aromatic carbocycles. The van der Waals surface area contributed by atoms with Gasteiger partial charge in [-0.1, -0.05) is 11.6 Å². The zero-order valence-electron chi connectivity index (χ0n) is 15.3. The minimum absolute atomic E-state index is 0.344. The molecule has 6 nitrogen and oxygen atoms in total. The Morgan fingerprint density at radius 3 is 2.48 bits per heavy atom. The molecule has 2 N–H and O–H groups in total. The van der Waals surface area contributed by atoms with Crippen LogP contribution < -0.4 is 20.3 Å². The number of ether oxygens (including phenoxy) is 2. The van der Waals surface area contributed by atoms with E-state index in [0.29, 0.717) is 11.5 Å². The van der Waals surface area contributed by atoms with Crippen LogP contribution in [-0.2, 0) is 9.59 Å². The molecule has 0 heterocycles. The largest absolute Gasteiger partial charge is 0.496 e. The highest BCUT2D eigenvalue weighted by molar-refractivity contribution is 5.93. The van der Waals surface area contributed by atoms with Crippen molar-refractivity contribution in [1.82, 2.24) is 10.9 Å². The van der Waals surface area contributed by atoms with Gasteiger partial charge in [0.1, 0.15) is 17.3 Å². The van der Waals surface area contributed by atoms with Crippen molar-refractivity contribution < 1.29 is 23.5 Å². The predicted molar refractivity (Wildman–Crippen MR) is 99.5 cm³/mol. The molecule has 1 atom stereocenters. The zero-order chi connectivity index (χ0) is 19.8. The molecule has 0 aliphatic heterocycles. The van der Waals surface area contributed by atoms with Gasteiger partial charge in [-0.05, 0) is 56.3 Å². The van der Waals surface area contributed by atoms with Crippen LogP contribution in [0.15, 0.2) is 48.5 Å². The van der Waals surface area contributed by atoms with Crippen LogP contribution >= 0.6 is 0 Å². The summed E-state index contributed by atoms with van der Waals surface area (Å²) in [6.07, 6.45) is 1.99. The lowest BCUT2D eigenvalue weighted by atomic mass is 10.1. The molecule has 2 rings (SSSR count). The lowest BCUT2D eigenvalue weighted by Crippen LogP contribution is -2.46. The maximum atomic E-state index is 12.9. The molecule has 0 saturated heterocycles. The highest BCUT2D eigenvalue weighted by Crippen LogP contribution is 2.20. The Hall–Kier alpha value is -3.35. The summed E-state index contributed by atoms with van der Waals surface area (Å²) in [5.41, 5.74) is 6.31. The highest BCUT2D eigenvalue weighted by Gasteiger charge is 2.15. The van der Waals surface area contributed by atoms with Crippen LogP contribution in [0.2, 0.25) is 0 Å². The van der Waals surface area contributed by atoms with Crippen molar-refractivity contribution in [3.05, 3.63) is 65.5 Å². The van der Waals surface area contributed by atoms with E-state index < -0.39 is 23.7 Å². The van der Waals surface area contributed by atoms with Crippen LogP contribution in [0.5, 0.6) is 11.5 Å². The Labute approximate surface area is 157 Å². The standard InChI is InChI=1S/C20H21FN2O4/c1-13-4-10-18(26-3)15(12-13)5-11-19(24)22-23-20(25)14(2)27-17-8-6-16(21)7-9-17/h4-12,14H,1-3H3,(H,22,24)(H,23,25)/b11-5+/t14-/m1/s1. The molecule has 0 unspecified atom stereocenters. The maximum absolute atomic E-state index is 12.9. The van der Waals surface area contributed by atoms with Crippen LogP contribution in [0.3, 0.4) is 0 Å². The van der Waals surface area contributed by atoms with Gasteiger partial charge in [0.2, 0.25) is 0 Å². The predicted octanol–water partition coefficient (Wildman–Crippen LogP) is 2.77. The van der Waals surface area contributed by atoms with Gasteiger partial charge < -0.3 is 9.47 Å². The molecule has 0 radical (unpaired) electrons. The van der Waals surface area contributed by atoms with Crippen molar-refractivity contribution in [3.63, 3.8) is 0 Å². The minimum Gasteiger partial charge on any atom is -0.496 e. The second kappa shape index (κ2) is 9.38. The van der Waals surface area contributed by atoms with E-state index in [1.165, 1.54) is 37.3 Å². The van der Waals surface area contributed by atoms with Crippen LogP contribution in [-0.4, -0.2) is 25.0 Å². The quantitative estimate of drug-likeness (QED) is 0.604. The molecular formula is C20H21FN2O4. The summed E-state index contributed by atoms with van der Waals surface area (Å²) >= 11 is 0. The molecule has 0 spiro atoms. The molecular weight excluding hydrogens is 351 g/mol. The summed E-state index contributed by atoms with van der Waals surface area (Å²) in [5, 5.41) is 0. The molecule has 0 aromatic heterocycles. The molecule has 142 valence electrons. The van der Waals surface area contributed by atoms with Gasteiger partial charge in [-0.25, -0.2) is 4.39 Å². The number of rotatable bonds is 6. The van der Waals surface area contributed by atoms with E-state index in [2.05, 4.69) is 10.9 Å². The van der Waals surface area contributed by atoms with Crippen molar-refractivity contribution in [2.24, 2.45) is 0 Å². The van der Waals surface area contributed by atoms with Gasteiger partial charge >= 0.3 is 0 Å². The van der Waals surface area contributed by atoms with Gasteiger partial charge in [0, 0.05) is 11.6 Å². The van der Waals surface area contributed by atoms with E-state index in [0.717, 1.165) is 11.1 Å². The molecule has 7 heteroatoms. The van der Waals surface area contributed by atoms with Crippen molar-refractivity contribution in [2.75, 3.05) is 7.11 Å². The number of amides is 2. The summed E-state index contributed by atoms with van der Waals surface area (Å²) in [5.74, 6) is -0.481. The molecule has 0 bridgehead atoms. The van der Waals surface area contributed by atoms with Gasteiger partial charge in [0.05, 0.1) is 7.11 Å². The first-order chi connectivity index (χ1) is 12.9. The van der Waals surface area contributed by atoms with Gasteiger partial charge in [-0.3, -0.25) is 20.4 Å². The number of nitrogens with one attached hydrogen (secondary N) is 2. The molecule has 0 fully saturated rings. The molecule has 0 aliphatic carbocycles. The van der Waals surface area contributed by atoms with Gasteiger partial charge in [0.25, 0.3) is 11.8 Å². The number of carbonyl (C=O) groups excluding carboxylic acids is 2. The number of methoxy groups -OCH3 is 1. The van der Waals surface area contributed by atoms with Crippen molar-refractivity contribution in [2.45, 2.75) is 20.0 Å². The third kappa shape index (κ3) is 6.14. The second-order valence-electron chi connectivity index (χ2n) is 5.77. The number of hydrogen-bond acceptors (Lipinski definition) is 4. The van der Waals surface area contributed by atoms with Crippen LogP contribution in [0.25, 0.3) is 6.08 Å². The topological polar surface area (TPSA) is 76.7 Å². The molecule has 27 heavy (non-hydrogen) atoms. The molecule has 0 aliphatic rings. The second-order valence-corrected chi connectivity index (χ2v) is 5.77. The van der Waals surface area contributed by atoms with Gasteiger partial charge in [0.15, 0.2) is 6.10 Å². The average molecular weight is 372 g/mol. The normalized spacial score (nSPS) is 11.7. The Morgan fingerprint density at radius 2 is 1.81 bits per heavy atom. The summed E-state index contributed by atoms with van der Waals surface area (Å²) in [4.78, 5) is 23.9. The van der Waals surface area contributed by atoms with Crippen LogP contribution in [0.1, 0.15) is 18.1 Å². The van der Waals surface area contributed by atoms with E-state index in [-0.39, 0.29) is 0 Å². The van der Waals surface area contributed by atoms with Crippen LogP contribution in [0, 0.1) is 12.7 Å². The maximum Gasteiger partial charge on any atom is 0.279 e. The van der Waals surface area contributed by atoms with Gasteiger partial charge in [-0.15, -0.1) is 0 Å². The van der Waals surface area contributed by atoms with E-state index in [1.807, 2.05) is 25.1 Å². The first-order valence-corrected chi connectivity index (χ1v) is 8.24. The number of carbonyl (C=O) groups is 2. The van der Waals surface area contributed by atoms with E-state index in [9.17, 15) is 14.0 Å². The lowest BCUT2D eigenvalue weighted by Gasteiger charge is -2.14. The Balaban J connectivity index is 1.86. The number of hydrazine groups is 1. The monoisotopic (exact) mass is 372 g/mol. The lowest BCUT2D eigenvalue weighted by molar-refractivity contribution is -0.131. The number of halogens is 1. The van der Waals surface area contributed by atoms with E-state index >= 15 is 0 Å². The fraction of sp³-hybridized carbons (Fsp3) is 0.200. The fourth-order valence-electron chi connectivity index (χ4n) is 2.19. The minimum atomic E-state index is -0.878. The van der Waals surface area contributed by atoms with Crippen molar-refractivity contribution in [1.29, 1.82) is 0 Å². The van der Waals surface area contributed by atoms with Crippen molar-refractivity contribution in [3.8, 4) is 11.5 Å². The third-order valence-corrected chi connectivity index (χ3v) is 3.60. The van der Waals surface area contributed by atoms with E-state index in [4.69, 9.17) is 9.47 Å². The molecule has 0 saturated carbocycles. The SMILES string of the molecule is COc1ccc(C)cc1/C=C/C(=O)NNC(=O)[C@@H](C)Oc1ccc(F)cc1. The number of benzene rings is 2. The van der Waals surface area contributed by atoms with Gasteiger partial charge in [-0.2, -0.15) is 0 Å². The summed E-state index contributed by atoms with van der Waals surface area (Å²) in [7, 11) is 1.55. The highest BCUT2D eigenvalue weighted by atomic mass is 19.1. The summed E-state index contributed by atoms with van der Waals surface area (Å²) in [6, 6.07) is 10.9. The molecule has 2 amide bonds. The van der Waals surface area contributed by atoms with E-state index in [1.54, 1.807) is 13.2 Å².